The molecule has 4 heteroatoms. The summed E-state index contributed by atoms with van der Waals surface area (Å²) < 4.78 is 10.9. The van der Waals surface area contributed by atoms with Crippen molar-refractivity contribution in [2.24, 2.45) is 0 Å². The van der Waals surface area contributed by atoms with Crippen LogP contribution in [0.3, 0.4) is 0 Å². The molecule has 1 heterocycles. The first-order valence-electron chi connectivity index (χ1n) is 6.77. The third-order valence-corrected chi connectivity index (χ3v) is 4.28. The number of rotatable bonds is 4. The molecule has 104 valence electrons. The molecule has 2 aromatic rings. The van der Waals surface area contributed by atoms with Crippen molar-refractivity contribution >= 4 is 17.1 Å². The van der Waals surface area contributed by atoms with Crippen LogP contribution >= 0.6 is 12.2 Å². The highest BCUT2D eigenvalue weighted by Crippen LogP contribution is 2.42. The van der Waals surface area contributed by atoms with Crippen molar-refractivity contribution in [2.45, 2.75) is 32.6 Å². The topological polar surface area (TPSA) is 35.3 Å². The monoisotopic (exact) mass is 287 g/mol. The molecule has 0 radical (unpaired) electrons. The first kappa shape index (κ1) is 13.3. The molecule has 1 aliphatic carbocycles. The van der Waals surface area contributed by atoms with Crippen LogP contribution in [0.5, 0.6) is 5.75 Å². The second kappa shape index (κ2) is 5.02. The Bertz CT molecular complexity index is 671. The van der Waals surface area contributed by atoms with Crippen molar-refractivity contribution in [2.75, 3.05) is 7.11 Å². The fourth-order valence-electron chi connectivity index (χ4n) is 2.59. The summed E-state index contributed by atoms with van der Waals surface area (Å²) in [4.78, 5) is 0.795. The van der Waals surface area contributed by atoms with Gasteiger partial charge in [-0.25, -0.2) is 0 Å². The Morgan fingerprint density at radius 3 is 2.70 bits per heavy atom. The summed E-state index contributed by atoms with van der Waals surface area (Å²) in [6, 6.07) is 4.09. The van der Waals surface area contributed by atoms with Gasteiger partial charge in [-0.05, 0) is 43.4 Å². The Morgan fingerprint density at radius 2 is 2.05 bits per heavy atom. The Morgan fingerprint density at radius 1 is 1.30 bits per heavy atom. The molecule has 0 saturated heterocycles. The van der Waals surface area contributed by atoms with Gasteiger partial charge in [0.25, 0.3) is 0 Å². The van der Waals surface area contributed by atoms with Crippen molar-refractivity contribution in [3.05, 3.63) is 46.3 Å². The lowest BCUT2D eigenvalue weighted by Gasteiger charge is -2.13. The van der Waals surface area contributed by atoms with Crippen LogP contribution in [-0.2, 0) is 0 Å². The quantitative estimate of drug-likeness (QED) is 0.630. The summed E-state index contributed by atoms with van der Waals surface area (Å²) in [5.74, 6) is 2.33. The van der Waals surface area contributed by atoms with Gasteiger partial charge in [-0.2, -0.15) is 0 Å². The minimum Gasteiger partial charge on any atom is -0.496 e. The standard InChI is InChI=1S/C16H17NO2S/c1-9-4-7-12(10(2)14(9)18-3)16(20)13-8-17-19-15(13)11-5-6-11/h4,7-8,11H,5-6H2,1-3H3. The van der Waals surface area contributed by atoms with E-state index in [1.807, 2.05) is 19.9 Å². The fourth-order valence-corrected chi connectivity index (χ4v) is 2.97. The highest BCUT2D eigenvalue weighted by molar-refractivity contribution is 7.81. The molecular weight excluding hydrogens is 270 g/mol. The minimum atomic E-state index is 0.498. The summed E-state index contributed by atoms with van der Waals surface area (Å²) in [7, 11) is 1.69. The third kappa shape index (κ3) is 2.14. The van der Waals surface area contributed by atoms with Crippen LogP contribution in [0.25, 0.3) is 0 Å². The van der Waals surface area contributed by atoms with Gasteiger partial charge in [0.2, 0.25) is 0 Å². The largest absolute Gasteiger partial charge is 0.496 e. The van der Waals surface area contributed by atoms with Crippen LogP contribution in [0.15, 0.2) is 22.9 Å². The minimum absolute atomic E-state index is 0.498. The summed E-state index contributed by atoms with van der Waals surface area (Å²) in [6.07, 6.45) is 4.07. The lowest BCUT2D eigenvalue weighted by atomic mass is 9.97. The molecule has 20 heavy (non-hydrogen) atoms. The van der Waals surface area contributed by atoms with Gasteiger partial charge < -0.3 is 9.26 Å². The normalized spacial score (nSPS) is 14.3. The molecule has 1 aromatic carbocycles. The van der Waals surface area contributed by atoms with Crippen molar-refractivity contribution in [1.82, 2.24) is 5.16 Å². The predicted octanol–water partition coefficient (Wildman–Crippen LogP) is 3.94. The van der Waals surface area contributed by atoms with Crippen LogP contribution in [0.1, 0.15) is 46.8 Å². The van der Waals surface area contributed by atoms with E-state index in [9.17, 15) is 0 Å². The number of thiocarbonyl (C=S) groups is 1. The van der Waals surface area contributed by atoms with Crippen molar-refractivity contribution in [3.63, 3.8) is 0 Å². The number of methoxy groups -OCH3 is 1. The number of hydrogen-bond donors (Lipinski definition) is 0. The Kier molecular flexibility index (Phi) is 3.34. The number of benzene rings is 1. The first-order valence-corrected chi connectivity index (χ1v) is 7.17. The zero-order chi connectivity index (χ0) is 14.3. The van der Waals surface area contributed by atoms with Crippen LogP contribution in [0.4, 0.5) is 0 Å². The van der Waals surface area contributed by atoms with E-state index in [-0.39, 0.29) is 0 Å². The zero-order valence-corrected chi connectivity index (χ0v) is 12.7. The molecule has 1 aromatic heterocycles. The number of ether oxygens (including phenoxy) is 1. The summed E-state index contributed by atoms with van der Waals surface area (Å²) in [5, 5.41) is 3.93. The maximum Gasteiger partial charge on any atom is 0.148 e. The van der Waals surface area contributed by atoms with E-state index in [4.69, 9.17) is 21.5 Å². The molecule has 3 nitrogen and oxygen atoms in total. The maximum absolute atomic E-state index is 5.66. The molecule has 0 spiro atoms. The van der Waals surface area contributed by atoms with Gasteiger partial charge in [0.1, 0.15) is 11.5 Å². The molecule has 0 atom stereocenters. The van der Waals surface area contributed by atoms with E-state index in [0.29, 0.717) is 5.92 Å². The molecule has 0 amide bonds. The van der Waals surface area contributed by atoms with E-state index in [0.717, 1.165) is 38.6 Å². The molecule has 0 N–H and O–H groups in total. The van der Waals surface area contributed by atoms with Crippen LogP contribution < -0.4 is 4.74 Å². The SMILES string of the molecule is COc1c(C)ccc(C(=S)c2cnoc2C2CC2)c1C. The van der Waals surface area contributed by atoms with E-state index >= 15 is 0 Å². The van der Waals surface area contributed by atoms with E-state index in [2.05, 4.69) is 11.2 Å². The lowest BCUT2D eigenvalue weighted by Crippen LogP contribution is -2.05. The van der Waals surface area contributed by atoms with E-state index in [1.165, 1.54) is 12.8 Å². The lowest BCUT2D eigenvalue weighted by molar-refractivity contribution is 0.384. The van der Waals surface area contributed by atoms with Crippen LogP contribution in [0, 0.1) is 13.8 Å². The molecule has 0 unspecified atom stereocenters. The van der Waals surface area contributed by atoms with Crippen molar-refractivity contribution < 1.29 is 9.26 Å². The Balaban J connectivity index is 2.04. The van der Waals surface area contributed by atoms with Gasteiger partial charge in [-0.3, -0.25) is 0 Å². The fraction of sp³-hybridized carbons (Fsp3) is 0.375. The number of nitrogens with zero attached hydrogens (tertiary/aromatic N) is 1. The molecule has 1 aliphatic rings. The molecule has 0 aliphatic heterocycles. The van der Waals surface area contributed by atoms with Crippen molar-refractivity contribution in [1.29, 1.82) is 0 Å². The number of aromatic nitrogens is 1. The smallest absolute Gasteiger partial charge is 0.148 e. The number of aryl methyl sites for hydroxylation is 1. The van der Waals surface area contributed by atoms with E-state index in [1.54, 1.807) is 13.3 Å². The van der Waals surface area contributed by atoms with Crippen LogP contribution in [0.2, 0.25) is 0 Å². The average Bonchev–Trinajstić information content (AvgIpc) is 3.16. The summed E-state index contributed by atoms with van der Waals surface area (Å²) in [6.45, 7) is 4.07. The average molecular weight is 287 g/mol. The van der Waals surface area contributed by atoms with Gasteiger partial charge in [0, 0.05) is 5.92 Å². The van der Waals surface area contributed by atoms with Gasteiger partial charge in [-0.1, -0.05) is 29.5 Å². The highest BCUT2D eigenvalue weighted by atomic mass is 32.1. The van der Waals surface area contributed by atoms with E-state index < -0.39 is 0 Å². The Labute approximate surface area is 123 Å². The highest BCUT2D eigenvalue weighted by Gasteiger charge is 2.31. The van der Waals surface area contributed by atoms with Crippen LogP contribution in [-0.4, -0.2) is 17.1 Å². The number of hydrogen-bond acceptors (Lipinski definition) is 4. The zero-order valence-electron chi connectivity index (χ0n) is 11.9. The molecule has 1 fully saturated rings. The Hall–Kier alpha value is -1.68. The second-order valence-corrected chi connectivity index (χ2v) is 5.70. The van der Waals surface area contributed by atoms with Gasteiger partial charge in [0.15, 0.2) is 0 Å². The maximum atomic E-state index is 5.66. The van der Waals surface area contributed by atoms with Gasteiger partial charge in [0.05, 0.1) is 23.7 Å². The molecule has 1 saturated carbocycles. The summed E-state index contributed by atoms with van der Waals surface area (Å²) >= 11 is 5.66. The third-order valence-electron chi connectivity index (χ3n) is 3.84. The molecular formula is C16H17NO2S. The molecule has 0 bridgehead atoms. The van der Waals surface area contributed by atoms with Gasteiger partial charge in [-0.15, -0.1) is 0 Å². The van der Waals surface area contributed by atoms with Crippen molar-refractivity contribution in [3.8, 4) is 5.75 Å². The summed E-state index contributed by atoms with van der Waals surface area (Å²) in [5.41, 5.74) is 4.16. The van der Waals surface area contributed by atoms with Gasteiger partial charge >= 0.3 is 0 Å². The molecule has 3 rings (SSSR count). The second-order valence-electron chi connectivity index (χ2n) is 5.30. The predicted molar refractivity (Wildman–Crippen MR) is 81.7 cm³/mol. The first-order chi connectivity index (χ1) is 9.63.